The summed E-state index contributed by atoms with van der Waals surface area (Å²) in [4.78, 5) is 4.42. The zero-order valence-corrected chi connectivity index (χ0v) is 9.06. The van der Waals surface area contributed by atoms with Gasteiger partial charge in [-0.2, -0.15) is 0 Å². The fraction of sp³-hybridized carbons (Fsp3) is 0.214. The number of aromatic nitrogens is 1. The number of pyridine rings is 1. The number of hydrogen-bond acceptors (Lipinski definition) is 2. The molecule has 0 amide bonds. The standard InChI is InChI=1S/C14H14N2/c1-2-4-11(5-3-1)12-6-9-14(15-10-12)16-13-7-8-13/h1-6,9-10,13H,7-8H2,(H,15,16). The van der Waals surface area contributed by atoms with E-state index in [0.717, 1.165) is 5.82 Å². The van der Waals surface area contributed by atoms with Gasteiger partial charge in [-0.25, -0.2) is 4.98 Å². The van der Waals surface area contributed by atoms with E-state index in [0.29, 0.717) is 6.04 Å². The van der Waals surface area contributed by atoms with Gasteiger partial charge in [-0.1, -0.05) is 30.3 Å². The van der Waals surface area contributed by atoms with Crippen LogP contribution >= 0.6 is 0 Å². The fourth-order valence-corrected chi connectivity index (χ4v) is 1.72. The average molecular weight is 210 g/mol. The van der Waals surface area contributed by atoms with Gasteiger partial charge < -0.3 is 5.32 Å². The average Bonchev–Trinajstić information content (AvgIpc) is 3.15. The van der Waals surface area contributed by atoms with E-state index in [1.165, 1.54) is 24.0 Å². The smallest absolute Gasteiger partial charge is 0.126 e. The molecule has 2 heteroatoms. The quantitative estimate of drug-likeness (QED) is 0.840. The molecule has 3 rings (SSSR count). The number of anilines is 1. The van der Waals surface area contributed by atoms with E-state index in [1.807, 2.05) is 24.4 Å². The first-order valence-electron chi connectivity index (χ1n) is 5.70. The Bertz CT molecular complexity index is 458. The van der Waals surface area contributed by atoms with E-state index in [1.54, 1.807) is 0 Å². The van der Waals surface area contributed by atoms with Gasteiger partial charge in [0.2, 0.25) is 0 Å². The van der Waals surface area contributed by atoms with Crippen molar-refractivity contribution in [3.63, 3.8) is 0 Å². The van der Waals surface area contributed by atoms with E-state index in [9.17, 15) is 0 Å². The highest BCUT2D eigenvalue weighted by molar-refractivity contribution is 5.63. The lowest BCUT2D eigenvalue weighted by atomic mass is 10.1. The van der Waals surface area contributed by atoms with Crippen LogP contribution in [-0.2, 0) is 0 Å². The molecule has 1 aromatic heterocycles. The van der Waals surface area contributed by atoms with Crippen LogP contribution in [-0.4, -0.2) is 11.0 Å². The molecule has 2 aromatic rings. The van der Waals surface area contributed by atoms with Crippen LogP contribution in [0.15, 0.2) is 48.7 Å². The van der Waals surface area contributed by atoms with E-state index in [2.05, 4.69) is 34.6 Å². The van der Waals surface area contributed by atoms with Gasteiger partial charge in [0.1, 0.15) is 5.82 Å². The minimum absolute atomic E-state index is 0.662. The monoisotopic (exact) mass is 210 g/mol. The van der Waals surface area contributed by atoms with E-state index >= 15 is 0 Å². The van der Waals surface area contributed by atoms with Gasteiger partial charge in [0, 0.05) is 17.8 Å². The molecule has 80 valence electrons. The topological polar surface area (TPSA) is 24.9 Å². The molecule has 1 aliphatic rings. The Labute approximate surface area is 95.3 Å². The van der Waals surface area contributed by atoms with Crippen LogP contribution < -0.4 is 5.32 Å². The second kappa shape index (κ2) is 3.97. The second-order valence-corrected chi connectivity index (χ2v) is 4.22. The van der Waals surface area contributed by atoms with E-state index in [-0.39, 0.29) is 0 Å². The van der Waals surface area contributed by atoms with Crippen LogP contribution in [0.3, 0.4) is 0 Å². The lowest BCUT2D eigenvalue weighted by molar-refractivity contribution is 1.11. The Hall–Kier alpha value is -1.83. The van der Waals surface area contributed by atoms with Gasteiger partial charge in [0.05, 0.1) is 0 Å². The summed E-state index contributed by atoms with van der Waals surface area (Å²) in [7, 11) is 0. The first-order chi connectivity index (χ1) is 7.92. The summed E-state index contributed by atoms with van der Waals surface area (Å²) in [6, 6.07) is 15.2. The molecule has 1 heterocycles. The lowest BCUT2D eigenvalue weighted by Crippen LogP contribution is -2.02. The maximum Gasteiger partial charge on any atom is 0.126 e. The van der Waals surface area contributed by atoms with Crippen molar-refractivity contribution < 1.29 is 0 Å². The first-order valence-corrected chi connectivity index (χ1v) is 5.70. The predicted molar refractivity (Wildman–Crippen MR) is 66.3 cm³/mol. The Morgan fingerprint density at radius 3 is 2.38 bits per heavy atom. The lowest BCUT2D eigenvalue weighted by Gasteiger charge is -2.05. The highest BCUT2D eigenvalue weighted by atomic mass is 15.0. The van der Waals surface area contributed by atoms with Crippen LogP contribution in [0.4, 0.5) is 5.82 Å². The third-order valence-electron chi connectivity index (χ3n) is 2.80. The SMILES string of the molecule is c1ccc(-c2ccc(NC3CC3)nc2)cc1. The summed E-state index contributed by atoms with van der Waals surface area (Å²) in [6.07, 6.45) is 4.49. The van der Waals surface area contributed by atoms with Crippen molar-refractivity contribution in [2.24, 2.45) is 0 Å². The highest BCUT2D eigenvalue weighted by Crippen LogP contribution is 2.25. The van der Waals surface area contributed by atoms with Gasteiger partial charge in [0.25, 0.3) is 0 Å². The number of benzene rings is 1. The summed E-state index contributed by atoms with van der Waals surface area (Å²) in [5.74, 6) is 0.988. The van der Waals surface area contributed by atoms with Crippen LogP contribution in [0.2, 0.25) is 0 Å². The molecule has 0 saturated heterocycles. The minimum Gasteiger partial charge on any atom is -0.367 e. The highest BCUT2D eigenvalue weighted by Gasteiger charge is 2.20. The number of rotatable bonds is 3. The Morgan fingerprint density at radius 1 is 0.938 bits per heavy atom. The summed E-state index contributed by atoms with van der Waals surface area (Å²) in [6.45, 7) is 0. The summed E-state index contributed by atoms with van der Waals surface area (Å²) in [5.41, 5.74) is 2.38. The minimum atomic E-state index is 0.662. The number of hydrogen-bond donors (Lipinski definition) is 1. The molecule has 0 unspecified atom stereocenters. The Morgan fingerprint density at radius 2 is 1.75 bits per heavy atom. The zero-order chi connectivity index (χ0) is 10.8. The molecule has 16 heavy (non-hydrogen) atoms. The second-order valence-electron chi connectivity index (χ2n) is 4.22. The van der Waals surface area contributed by atoms with E-state index in [4.69, 9.17) is 0 Å². The molecule has 0 aliphatic heterocycles. The molecule has 0 atom stereocenters. The van der Waals surface area contributed by atoms with Crippen LogP contribution in [0.25, 0.3) is 11.1 Å². The Balaban J connectivity index is 1.81. The zero-order valence-electron chi connectivity index (χ0n) is 9.06. The van der Waals surface area contributed by atoms with Gasteiger partial charge in [-0.05, 0) is 30.5 Å². The van der Waals surface area contributed by atoms with Crippen LogP contribution in [0.5, 0.6) is 0 Å². The van der Waals surface area contributed by atoms with Crippen molar-refractivity contribution in [2.45, 2.75) is 18.9 Å². The summed E-state index contributed by atoms with van der Waals surface area (Å²) < 4.78 is 0. The largest absolute Gasteiger partial charge is 0.367 e. The molecule has 1 fully saturated rings. The normalized spacial score (nSPS) is 14.8. The van der Waals surface area contributed by atoms with Crippen molar-refractivity contribution in [3.8, 4) is 11.1 Å². The number of nitrogens with zero attached hydrogens (tertiary/aromatic N) is 1. The van der Waals surface area contributed by atoms with Gasteiger partial charge in [-0.15, -0.1) is 0 Å². The number of nitrogens with one attached hydrogen (secondary N) is 1. The maximum absolute atomic E-state index is 4.42. The van der Waals surface area contributed by atoms with Gasteiger partial charge >= 0.3 is 0 Å². The van der Waals surface area contributed by atoms with Crippen molar-refractivity contribution in [1.29, 1.82) is 0 Å². The molecule has 0 spiro atoms. The van der Waals surface area contributed by atoms with Gasteiger partial charge in [-0.3, -0.25) is 0 Å². The van der Waals surface area contributed by atoms with Crippen LogP contribution in [0.1, 0.15) is 12.8 Å². The molecule has 1 saturated carbocycles. The van der Waals surface area contributed by atoms with Crippen molar-refractivity contribution in [2.75, 3.05) is 5.32 Å². The van der Waals surface area contributed by atoms with Crippen molar-refractivity contribution in [1.82, 2.24) is 4.98 Å². The molecule has 1 N–H and O–H groups in total. The van der Waals surface area contributed by atoms with Crippen molar-refractivity contribution >= 4 is 5.82 Å². The molecular weight excluding hydrogens is 196 g/mol. The molecule has 0 bridgehead atoms. The summed E-state index contributed by atoms with van der Waals surface area (Å²) in [5, 5.41) is 3.38. The maximum atomic E-state index is 4.42. The van der Waals surface area contributed by atoms with Crippen molar-refractivity contribution in [3.05, 3.63) is 48.7 Å². The molecule has 1 aliphatic carbocycles. The third kappa shape index (κ3) is 2.06. The molecular formula is C14H14N2. The predicted octanol–water partition coefficient (Wildman–Crippen LogP) is 3.32. The molecule has 2 nitrogen and oxygen atoms in total. The fourth-order valence-electron chi connectivity index (χ4n) is 1.72. The molecule has 0 radical (unpaired) electrons. The van der Waals surface area contributed by atoms with E-state index < -0.39 is 0 Å². The van der Waals surface area contributed by atoms with Crippen LogP contribution in [0, 0.1) is 0 Å². The Kier molecular flexibility index (Phi) is 2.33. The summed E-state index contributed by atoms with van der Waals surface area (Å²) >= 11 is 0. The third-order valence-corrected chi connectivity index (χ3v) is 2.80. The first kappa shape index (κ1) is 9.40. The molecule has 1 aromatic carbocycles. The van der Waals surface area contributed by atoms with Gasteiger partial charge in [0.15, 0.2) is 0 Å².